The number of rotatable bonds is 7. The summed E-state index contributed by atoms with van der Waals surface area (Å²) in [6.07, 6.45) is 1.15. The van der Waals surface area contributed by atoms with Crippen molar-refractivity contribution in [3.8, 4) is 5.75 Å². The molecule has 1 aliphatic heterocycles. The second kappa shape index (κ2) is 10.1. The zero-order valence-corrected chi connectivity index (χ0v) is 18.1. The molecule has 2 amide bonds. The Morgan fingerprint density at radius 3 is 2.20 bits per heavy atom. The van der Waals surface area contributed by atoms with Crippen LogP contribution < -0.4 is 9.64 Å². The number of nitrogens with zero attached hydrogens (tertiary/aromatic N) is 3. The van der Waals surface area contributed by atoms with Gasteiger partial charge in [-0.1, -0.05) is 18.2 Å². The smallest absolute Gasteiger partial charge is 0.253 e. The molecule has 0 bridgehead atoms. The summed E-state index contributed by atoms with van der Waals surface area (Å²) < 4.78 is 5.77. The Balaban J connectivity index is 1.40. The highest BCUT2D eigenvalue weighted by atomic mass is 16.5. The van der Waals surface area contributed by atoms with E-state index >= 15 is 0 Å². The molecular formula is C24H31N3O3. The Morgan fingerprint density at radius 2 is 1.57 bits per heavy atom. The second-order valence-electron chi connectivity index (χ2n) is 7.83. The van der Waals surface area contributed by atoms with Crippen molar-refractivity contribution in [3.63, 3.8) is 0 Å². The molecule has 0 radical (unpaired) electrons. The minimum Gasteiger partial charge on any atom is -0.493 e. The Bertz CT molecular complexity index is 856. The molecule has 0 saturated carbocycles. The van der Waals surface area contributed by atoms with Crippen LogP contribution in [0.15, 0.2) is 48.5 Å². The number of ether oxygens (including phenoxy) is 1. The van der Waals surface area contributed by atoms with Crippen molar-refractivity contribution in [2.75, 3.05) is 51.8 Å². The topological polar surface area (TPSA) is 53.1 Å². The van der Waals surface area contributed by atoms with E-state index in [2.05, 4.69) is 0 Å². The zero-order valence-electron chi connectivity index (χ0n) is 18.1. The van der Waals surface area contributed by atoms with Gasteiger partial charge in [-0.05, 0) is 49.2 Å². The number of para-hydroxylation sites is 1. The lowest BCUT2D eigenvalue weighted by Crippen LogP contribution is -2.50. The van der Waals surface area contributed by atoms with Crippen molar-refractivity contribution in [1.29, 1.82) is 0 Å². The molecule has 1 fully saturated rings. The molecule has 0 unspecified atom stereocenters. The Hall–Kier alpha value is -3.02. The maximum atomic E-state index is 12.7. The monoisotopic (exact) mass is 409 g/mol. The Kier molecular flexibility index (Phi) is 7.33. The molecule has 0 atom stereocenters. The highest BCUT2D eigenvalue weighted by Crippen LogP contribution is 2.17. The summed E-state index contributed by atoms with van der Waals surface area (Å²) in [7, 11) is 3.95. The van der Waals surface area contributed by atoms with E-state index in [-0.39, 0.29) is 11.8 Å². The first-order chi connectivity index (χ1) is 14.5. The lowest BCUT2D eigenvalue weighted by Gasteiger charge is -2.35. The van der Waals surface area contributed by atoms with Gasteiger partial charge in [0.15, 0.2) is 0 Å². The second-order valence-corrected chi connectivity index (χ2v) is 7.83. The summed E-state index contributed by atoms with van der Waals surface area (Å²) in [6, 6.07) is 15.5. The summed E-state index contributed by atoms with van der Waals surface area (Å²) in [5, 5.41) is 0. The first kappa shape index (κ1) is 21.7. The fraction of sp³-hybridized carbons (Fsp3) is 0.417. The molecular weight excluding hydrogens is 378 g/mol. The van der Waals surface area contributed by atoms with Gasteiger partial charge in [0.2, 0.25) is 5.91 Å². The lowest BCUT2D eigenvalue weighted by atomic mass is 10.1. The predicted octanol–water partition coefficient (Wildman–Crippen LogP) is 3.20. The van der Waals surface area contributed by atoms with Crippen molar-refractivity contribution in [2.45, 2.75) is 19.8 Å². The van der Waals surface area contributed by atoms with Crippen LogP contribution in [-0.2, 0) is 4.79 Å². The zero-order chi connectivity index (χ0) is 21.5. The van der Waals surface area contributed by atoms with Gasteiger partial charge < -0.3 is 19.4 Å². The summed E-state index contributed by atoms with van der Waals surface area (Å²) >= 11 is 0. The Labute approximate surface area is 179 Å². The van der Waals surface area contributed by atoms with Gasteiger partial charge in [0, 0.05) is 57.9 Å². The van der Waals surface area contributed by atoms with E-state index in [1.165, 1.54) is 0 Å². The molecule has 2 aromatic carbocycles. The largest absolute Gasteiger partial charge is 0.493 e. The fourth-order valence-corrected chi connectivity index (χ4v) is 3.53. The Morgan fingerprint density at radius 1 is 0.933 bits per heavy atom. The van der Waals surface area contributed by atoms with Gasteiger partial charge in [0.1, 0.15) is 5.75 Å². The van der Waals surface area contributed by atoms with E-state index in [0.29, 0.717) is 51.2 Å². The van der Waals surface area contributed by atoms with Gasteiger partial charge in [-0.15, -0.1) is 0 Å². The van der Waals surface area contributed by atoms with Gasteiger partial charge >= 0.3 is 0 Å². The number of amides is 2. The van der Waals surface area contributed by atoms with Crippen molar-refractivity contribution in [1.82, 2.24) is 9.80 Å². The maximum absolute atomic E-state index is 12.7. The highest BCUT2D eigenvalue weighted by molar-refractivity contribution is 5.94. The van der Waals surface area contributed by atoms with Gasteiger partial charge in [-0.2, -0.15) is 0 Å². The van der Waals surface area contributed by atoms with Crippen LogP contribution in [0.3, 0.4) is 0 Å². The number of benzene rings is 2. The third-order valence-electron chi connectivity index (χ3n) is 5.44. The predicted molar refractivity (Wildman–Crippen MR) is 119 cm³/mol. The lowest BCUT2D eigenvalue weighted by molar-refractivity contribution is -0.132. The minimum absolute atomic E-state index is 0.0269. The molecule has 0 N–H and O–H groups in total. The fourth-order valence-electron chi connectivity index (χ4n) is 3.53. The number of carbonyl (C=O) groups excluding carboxylic acids is 2. The van der Waals surface area contributed by atoms with Crippen LogP contribution >= 0.6 is 0 Å². The number of carbonyl (C=O) groups is 2. The standard InChI is InChI=1S/C24H31N3O3/c1-19-7-4-5-8-22(19)30-18-6-9-23(28)26-14-16-27(17-15-26)24(29)20-10-12-21(13-11-20)25(2)3/h4-5,7-8,10-13H,6,9,14-18H2,1-3H3. The first-order valence-corrected chi connectivity index (χ1v) is 10.5. The van der Waals surface area contributed by atoms with E-state index < -0.39 is 0 Å². The van der Waals surface area contributed by atoms with Gasteiger partial charge in [0.25, 0.3) is 5.91 Å². The van der Waals surface area contributed by atoms with Crippen molar-refractivity contribution in [3.05, 3.63) is 59.7 Å². The number of aryl methyl sites for hydroxylation is 1. The summed E-state index contributed by atoms with van der Waals surface area (Å²) in [5.41, 5.74) is 2.85. The maximum Gasteiger partial charge on any atom is 0.253 e. The highest BCUT2D eigenvalue weighted by Gasteiger charge is 2.24. The molecule has 6 heteroatoms. The molecule has 160 valence electrons. The van der Waals surface area contributed by atoms with E-state index in [4.69, 9.17) is 4.74 Å². The van der Waals surface area contributed by atoms with Gasteiger partial charge in [-0.3, -0.25) is 9.59 Å². The molecule has 30 heavy (non-hydrogen) atoms. The molecule has 0 aliphatic carbocycles. The van der Waals surface area contributed by atoms with Gasteiger partial charge in [-0.25, -0.2) is 0 Å². The molecule has 0 aromatic heterocycles. The normalized spacial score (nSPS) is 13.8. The minimum atomic E-state index is 0.0269. The molecule has 0 spiro atoms. The number of anilines is 1. The molecule has 1 saturated heterocycles. The first-order valence-electron chi connectivity index (χ1n) is 10.5. The molecule has 6 nitrogen and oxygen atoms in total. The van der Waals surface area contributed by atoms with Crippen LogP contribution in [0.25, 0.3) is 0 Å². The summed E-state index contributed by atoms with van der Waals surface area (Å²) in [5.74, 6) is 1.03. The van der Waals surface area contributed by atoms with Crippen molar-refractivity contribution >= 4 is 17.5 Å². The van der Waals surface area contributed by atoms with Crippen LogP contribution in [-0.4, -0.2) is 68.5 Å². The van der Waals surface area contributed by atoms with Crippen LogP contribution in [0, 0.1) is 6.92 Å². The number of hydrogen-bond donors (Lipinski definition) is 0. The SMILES string of the molecule is Cc1ccccc1OCCCC(=O)N1CCN(C(=O)c2ccc(N(C)C)cc2)CC1. The number of hydrogen-bond acceptors (Lipinski definition) is 4. The third-order valence-corrected chi connectivity index (χ3v) is 5.44. The van der Waals surface area contributed by atoms with Crippen molar-refractivity contribution < 1.29 is 14.3 Å². The van der Waals surface area contributed by atoms with E-state index in [1.807, 2.05) is 84.2 Å². The van der Waals surface area contributed by atoms with Crippen LogP contribution in [0.1, 0.15) is 28.8 Å². The molecule has 2 aromatic rings. The average molecular weight is 410 g/mol. The van der Waals surface area contributed by atoms with Crippen molar-refractivity contribution in [2.24, 2.45) is 0 Å². The van der Waals surface area contributed by atoms with Gasteiger partial charge in [0.05, 0.1) is 6.61 Å². The van der Waals surface area contributed by atoms with Crippen LogP contribution in [0.5, 0.6) is 5.75 Å². The molecule has 1 heterocycles. The quantitative estimate of drug-likeness (QED) is 0.659. The molecule has 1 aliphatic rings. The van der Waals surface area contributed by atoms with E-state index in [1.54, 1.807) is 0 Å². The summed E-state index contributed by atoms with van der Waals surface area (Å²) in [4.78, 5) is 30.9. The van der Waals surface area contributed by atoms with Crippen LogP contribution in [0.2, 0.25) is 0 Å². The van der Waals surface area contributed by atoms with E-state index in [9.17, 15) is 9.59 Å². The van der Waals surface area contributed by atoms with E-state index in [0.717, 1.165) is 17.0 Å². The molecule has 3 rings (SSSR count). The average Bonchev–Trinajstić information content (AvgIpc) is 2.77. The van der Waals surface area contributed by atoms with Crippen LogP contribution in [0.4, 0.5) is 5.69 Å². The summed E-state index contributed by atoms with van der Waals surface area (Å²) in [6.45, 7) is 4.84. The number of piperazine rings is 1. The third kappa shape index (κ3) is 5.53.